The minimum absolute atomic E-state index is 0.285. The van der Waals surface area contributed by atoms with Gasteiger partial charge in [-0.15, -0.1) is 10.2 Å². The molecule has 0 aliphatic carbocycles. The molecule has 0 aliphatic rings. The predicted molar refractivity (Wildman–Crippen MR) is 48.9 cm³/mol. The summed E-state index contributed by atoms with van der Waals surface area (Å²) in [6.07, 6.45) is 0.977. The van der Waals surface area contributed by atoms with E-state index in [1.54, 1.807) is 0 Å². The van der Waals surface area contributed by atoms with Crippen molar-refractivity contribution in [1.82, 2.24) is 14.8 Å². The summed E-state index contributed by atoms with van der Waals surface area (Å²) in [6, 6.07) is 0. The average Bonchev–Trinajstić information content (AvgIpc) is 2.16. The van der Waals surface area contributed by atoms with Gasteiger partial charge in [-0.2, -0.15) is 0 Å². The van der Waals surface area contributed by atoms with Gasteiger partial charge in [-0.3, -0.25) is 0 Å². The third kappa shape index (κ3) is 2.06. The largest absolute Gasteiger partial charge is 0.318 e. The fourth-order valence-corrected chi connectivity index (χ4v) is 1.08. The van der Waals surface area contributed by atoms with Crippen LogP contribution in [0.5, 0.6) is 0 Å². The van der Waals surface area contributed by atoms with Crippen molar-refractivity contribution in [2.45, 2.75) is 34.1 Å². The second-order valence-corrected chi connectivity index (χ2v) is 4.46. The van der Waals surface area contributed by atoms with E-state index in [1.807, 2.05) is 18.5 Å². The quantitative estimate of drug-likeness (QED) is 0.637. The molecule has 1 aromatic rings. The number of aromatic nitrogens is 3. The van der Waals surface area contributed by atoms with Crippen molar-refractivity contribution in [3.05, 3.63) is 11.6 Å². The molecule has 1 rings (SSSR count). The maximum absolute atomic E-state index is 4.11. The molecular formula is C9H17N3. The molecule has 0 aromatic carbocycles. The summed E-state index contributed by atoms with van der Waals surface area (Å²) in [5.74, 6) is 2.05. The minimum atomic E-state index is 0.285. The average molecular weight is 167 g/mol. The molecule has 0 unspecified atom stereocenters. The monoisotopic (exact) mass is 167 g/mol. The van der Waals surface area contributed by atoms with Gasteiger partial charge in [-0.1, -0.05) is 20.8 Å². The number of hydrogen-bond donors (Lipinski definition) is 0. The van der Waals surface area contributed by atoms with E-state index in [4.69, 9.17) is 0 Å². The highest BCUT2D eigenvalue weighted by molar-refractivity contribution is 4.95. The Bertz CT molecular complexity index is 268. The second kappa shape index (κ2) is 2.88. The number of hydrogen-bond acceptors (Lipinski definition) is 2. The third-order valence-electron chi connectivity index (χ3n) is 1.87. The summed E-state index contributed by atoms with van der Waals surface area (Å²) < 4.78 is 2.05. The van der Waals surface area contributed by atoms with Crippen molar-refractivity contribution in [3.8, 4) is 0 Å². The number of rotatable bonds is 1. The first kappa shape index (κ1) is 9.23. The molecule has 12 heavy (non-hydrogen) atoms. The van der Waals surface area contributed by atoms with Gasteiger partial charge in [0.1, 0.15) is 11.6 Å². The van der Waals surface area contributed by atoms with Crippen molar-refractivity contribution in [2.24, 2.45) is 12.5 Å². The van der Waals surface area contributed by atoms with Crippen molar-refractivity contribution < 1.29 is 0 Å². The lowest BCUT2D eigenvalue weighted by molar-refractivity contribution is 0.394. The Morgan fingerprint density at radius 3 is 2.17 bits per heavy atom. The zero-order chi connectivity index (χ0) is 9.35. The highest BCUT2D eigenvalue weighted by atomic mass is 15.3. The van der Waals surface area contributed by atoms with Crippen molar-refractivity contribution in [1.29, 1.82) is 0 Å². The van der Waals surface area contributed by atoms with Crippen LogP contribution in [0.25, 0.3) is 0 Å². The molecule has 0 fully saturated rings. The van der Waals surface area contributed by atoms with E-state index >= 15 is 0 Å². The van der Waals surface area contributed by atoms with E-state index in [0.29, 0.717) is 0 Å². The normalized spacial score (nSPS) is 12.1. The molecule has 1 heterocycles. The highest BCUT2D eigenvalue weighted by Crippen LogP contribution is 2.18. The fraction of sp³-hybridized carbons (Fsp3) is 0.778. The summed E-state index contributed by atoms with van der Waals surface area (Å²) in [6.45, 7) is 8.59. The van der Waals surface area contributed by atoms with Gasteiger partial charge in [0.15, 0.2) is 0 Å². The van der Waals surface area contributed by atoms with Gasteiger partial charge in [0.2, 0.25) is 0 Å². The first-order valence-electron chi connectivity index (χ1n) is 4.25. The molecule has 68 valence electrons. The maximum atomic E-state index is 4.11. The Morgan fingerprint density at radius 1 is 1.25 bits per heavy atom. The summed E-state index contributed by atoms with van der Waals surface area (Å²) >= 11 is 0. The molecule has 3 heteroatoms. The van der Waals surface area contributed by atoms with E-state index < -0.39 is 0 Å². The van der Waals surface area contributed by atoms with Crippen LogP contribution in [0, 0.1) is 12.3 Å². The van der Waals surface area contributed by atoms with Gasteiger partial charge < -0.3 is 4.57 Å². The smallest absolute Gasteiger partial charge is 0.133 e. The fourth-order valence-electron chi connectivity index (χ4n) is 1.08. The van der Waals surface area contributed by atoms with E-state index in [-0.39, 0.29) is 5.41 Å². The van der Waals surface area contributed by atoms with Crippen molar-refractivity contribution in [3.63, 3.8) is 0 Å². The molecule has 0 saturated heterocycles. The van der Waals surface area contributed by atoms with Crippen LogP contribution in [-0.4, -0.2) is 14.8 Å². The van der Waals surface area contributed by atoms with E-state index in [1.165, 1.54) is 0 Å². The Balaban J connectivity index is 2.83. The Labute approximate surface area is 73.8 Å². The standard InChI is InChI=1S/C9H17N3/c1-7-10-11-8(12(7)5)6-9(2,3)4/h6H2,1-5H3. The second-order valence-electron chi connectivity index (χ2n) is 4.46. The first-order chi connectivity index (χ1) is 5.40. The van der Waals surface area contributed by atoms with Gasteiger partial charge >= 0.3 is 0 Å². The van der Waals surface area contributed by atoms with Crippen LogP contribution >= 0.6 is 0 Å². The first-order valence-corrected chi connectivity index (χ1v) is 4.25. The minimum Gasteiger partial charge on any atom is -0.318 e. The molecule has 0 amide bonds. The van der Waals surface area contributed by atoms with Crippen LogP contribution in [-0.2, 0) is 13.5 Å². The van der Waals surface area contributed by atoms with Gasteiger partial charge in [0.25, 0.3) is 0 Å². The lowest BCUT2D eigenvalue weighted by atomic mass is 9.92. The Kier molecular flexibility index (Phi) is 2.22. The molecule has 0 N–H and O–H groups in total. The topological polar surface area (TPSA) is 30.7 Å². The zero-order valence-corrected chi connectivity index (χ0v) is 8.55. The molecule has 0 aliphatic heterocycles. The Hall–Kier alpha value is -0.860. The molecule has 1 aromatic heterocycles. The summed E-state index contributed by atoms with van der Waals surface area (Å²) in [4.78, 5) is 0. The molecule has 0 bridgehead atoms. The summed E-state index contributed by atoms with van der Waals surface area (Å²) in [5.41, 5.74) is 0.285. The van der Waals surface area contributed by atoms with Gasteiger partial charge in [0.05, 0.1) is 0 Å². The van der Waals surface area contributed by atoms with Crippen LogP contribution < -0.4 is 0 Å². The van der Waals surface area contributed by atoms with Crippen LogP contribution in [0.2, 0.25) is 0 Å². The highest BCUT2D eigenvalue weighted by Gasteiger charge is 2.15. The van der Waals surface area contributed by atoms with E-state index in [9.17, 15) is 0 Å². The predicted octanol–water partition coefficient (Wildman–Crippen LogP) is 1.71. The van der Waals surface area contributed by atoms with Gasteiger partial charge in [0, 0.05) is 13.5 Å². The van der Waals surface area contributed by atoms with E-state index in [0.717, 1.165) is 18.1 Å². The van der Waals surface area contributed by atoms with E-state index in [2.05, 4.69) is 31.0 Å². The van der Waals surface area contributed by atoms with Crippen molar-refractivity contribution in [2.75, 3.05) is 0 Å². The SMILES string of the molecule is Cc1nnc(CC(C)(C)C)n1C. The maximum Gasteiger partial charge on any atom is 0.133 e. The zero-order valence-electron chi connectivity index (χ0n) is 8.55. The lowest BCUT2D eigenvalue weighted by Crippen LogP contribution is -2.13. The van der Waals surface area contributed by atoms with Crippen LogP contribution in [0.15, 0.2) is 0 Å². The van der Waals surface area contributed by atoms with Crippen LogP contribution in [0.3, 0.4) is 0 Å². The van der Waals surface area contributed by atoms with Crippen molar-refractivity contribution >= 4 is 0 Å². The number of aryl methyl sites for hydroxylation is 1. The molecule has 0 atom stereocenters. The summed E-state index contributed by atoms with van der Waals surface area (Å²) in [7, 11) is 2.01. The van der Waals surface area contributed by atoms with Crippen LogP contribution in [0.4, 0.5) is 0 Å². The van der Waals surface area contributed by atoms with Gasteiger partial charge in [-0.05, 0) is 12.3 Å². The third-order valence-corrected chi connectivity index (χ3v) is 1.87. The molecule has 0 saturated carbocycles. The summed E-state index contributed by atoms with van der Waals surface area (Å²) in [5, 5.41) is 8.13. The molecule has 0 spiro atoms. The molecule has 0 radical (unpaired) electrons. The number of nitrogens with zero attached hydrogens (tertiary/aromatic N) is 3. The van der Waals surface area contributed by atoms with Crippen LogP contribution in [0.1, 0.15) is 32.4 Å². The Morgan fingerprint density at radius 2 is 1.83 bits per heavy atom. The molecular weight excluding hydrogens is 150 g/mol. The molecule has 3 nitrogen and oxygen atoms in total. The lowest BCUT2D eigenvalue weighted by Gasteiger charge is -2.16. The van der Waals surface area contributed by atoms with Gasteiger partial charge in [-0.25, -0.2) is 0 Å².